The van der Waals surface area contributed by atoms with Gasteiger partial charge in [-0.05, 0) is 37.8 Å². The number of ether oxygens (including phenoxy) is 1. The molecule has 2 atom stereocenters. The molecule has 0 aromatic heterocycles. The average molecular weight is 260 g/mol. The van der Waals surface area contributed by atoms with Crippen LogP contribution in [0.2, 0.25) is 0 Å². The first kappa shape index (κ1) is 13.6. The highest BCUT2D eigenvalue weighted by molar-refractivity contribution is 5.84. The number of benzene rings is 1. The van der Waals surface area contributed by atoms with E-state index in [1.165, 1.54) is 0 Å². The van der Waals surface area contributed by atoms with Gasteiger partial charge in [0.15, 0.2) is 0 Å². The van der Waals surface area contributed by atoms with Crippen LogP contribution in [0.25, 0.3) is 0 Å². The maximum Gasteiger partial charge on any atom is 0.411 e. The highest BCUT2D eigenvalue weighted by Gasteiger charge is 2.20. The number of carbonyl (C=O) groups excluding carboxylic acids is 1. The second kappa shape index (κ2) is 6.95. The first-order valence-corrected chi connectivity index (χ1v) is 6.70. The lowest BCUT2D eigenvalue weighted by Crippen LogP contribution is -2.38. The van der Waals surface area contributed by atoms with Crippen LogP contribution in [0.3, 0.4) is 0 Å². The third kappa shape index (κ3) is 4.41. The fourth-order valence-electron chi connectivity index (χ4n) is 2.12. The monoisotopic (exact) mass is 260 g/mol. The number of hydrogen-bond donors (Lipinski definition) is 2. The van der Waals surface area contributed by atoms with Gasteiger partial charge in [0.25, 0.3) is 0 Å². The Balaban J connectivity index is 1.90. The summed E-state index contributed by atoms with van der Waals surface area (Å²) in [5, 5.41) is 2.70. The lowest BCUT2D eigenvalue weighted by Gasteiger charge is -2.23. The quantitative estimate of drug-likeness (QED) is 0.803. The molecule has 0 radical (unpaired) electrons. The zero-order chi connectivity index (χ0) is 13.5. The number of carbonyl (C=O) groups is 1. The molecule has 0 heterocycles. The van der Waals surface area contributed by atoms with E-state index in [1.807, 2.05) is 36.4 Å². The molecule has 0 saturated carbocycles. The van der Waals surface area contributed by atoms with Crippen LogP contribution in [0.5, 0.6) is 0 Å². The minimum atomic E-state index is -0.444. The van der Waals surface area contributed by atoms with Crippen molar-refractivity contribution in [1.82, 2.24) is 0 Å². The molecule has 0 aliphatic heterocycles. The fourth-order valence-corrected chi connectivity index (χ4v) is 2.12. The van der Waals surface area contributed by atoms with E-state index in [0.29, 0.717) is 0 Å². The number of amides is 1. The number of anilines is 1. The summed E-state index contributed by atoms with van der Waals surface area (Å²) in [5.74, 6) is 0. The van der Waals surface area contributed by atoms with Crippen LogP contribution in [-0.2, 0) is 4.74 Å². The van der Waals surface area contributed by atoms with Crippen LogP contribution < -0.4 is 11.1 Å². The van der Waals surface area contributed by atoms with Crippen molar-refractivity contribution >= 4 is 11.8 Å². The number of rotatable bonds is 2. The summed E-state index contributed by atoms with van der Waals surface area (Å²) in [5.41, 5.74) is 6.72. The predicted octanol–water partition coefficient (Wildman–Crippen LogP) is 3.06. The van der Waals surface area contributed by atoms with E-state index in [9.17, 15) is 4.79 Å². The van der Waals surface area contributed by atoms with Crippen LogP contribution >= 0.6 is 0 Å². The minimum absolute atomic E-state index is 0.221. The Morgan fingerprint density at radius 3 is 2.84 bits per heavy atom. The second-order valence-corrected chi connectivity index (χ2v) is 4.72. The van der Waals surface area contributed by atoms with Crippen LogP contribution in [0.1, 0.15) is 25.7 Å². The summed E-state index contributed by atoms with van der Waals surface area (Å²) < 4.78 is 5.42. The van der Waals surface area contributed by atoms with Crippen LogP contribution in [0.4, 0.5) is 10.5 Å². The van der Waals surface area contributed by atoms with E-state index in [1.54, 1.807) is 0 Å². The average Bonchev–Trinajstić information content (AvgIpc) is 2.40. The Morgan fingerprint density at radius 2 is 2.05 bits per heavy atom. The number of nitrogens with two attached hydrogens (primary N) is 1. The van der Waals surface area contributed by atoms with Gasteiger partial charge in [0, 0.05) is 5.69 Å². The van der Waals surface area contributed by atoms with E-state index in [2.05, 4.69) is 11.4 Å². The van der Waals surface area contributed by atoms with E-state index >= 15 is 0 Å². The van der Waals surface area contributed by atoms with Crippen LogP contribution in [0.15, 0.2) is 42.5 Å². The zero-order valence-electron chi connectivity index (χ0n) is 10.9. The highest BCUT2D eigenvalue weighted by Crippen LogP contribution is 2.15. The van der Waals surface area contributed by atoms with Gasteiger partial charge in [-0.25, -0.2) is 4.79 Å². The van der Waals surface area contributed by atoms with Crippen molar-refractivity contribution in [2.24, 2.45) is 5.73 Å². The molecule has 1 aromatic carbocycles. The van der Waals surface area contributed by atoms with Gasteiger partial charge >= 0.3 is 6.09 Å². The molecule has 4 heteroatoms. The Bertz CT molecular complexity index is 431. The molecule has 0 fully saturated rings. The standard InChI is InChI=1S/C15H20N2O2/c16-13-10-6-1-2-7-11-14(13)19-15(18)17-12-8-4-3-5-9-12/h3-6,8-10,13-14H,1-2,7,11,16H2,(H,17,18). The number of para-hydroxylation sites is 1. The Kier molecular flexibility index (Phi) is 4.98. The molecule has 1 aliphatic carbocycles. The lowest BCUT2D eigenvalue weighted by atomic mass is 10.0. The van der Waals surface area contributed by atoms with Gasteiger partial charge in [-0.3, -0.25) is 5.32 Å². The molecule has 3 N–H and O–H groups in total. The Morgan fingerprint density at radius 1 is 1.26 bits per heavy atom. The predicted molar refractivity (Wildman–Crippen MR) is 75.9 cm³/mol. The maximum atomic E-state index is 11.8. The fraction of sp³-hybridized carbons (Fsp3) is 0.400. The van der Waals surface area contributed by atoms with E-state index in [0.717, 1.165) is 31.4 Å². The second-order valence-electron chi connectivity index (χ2n) is 4.72. The third-order valence-electron chi connectivity index (χ3n) is 3.18. The van der Waals surface area contributed by atoms with Gasteiger partial charge < -0.3 is 10.5 Å². The SMILES string of the molecule is NC1C=CCCCCC1OC(=O)Nc1ccccc1. The summed E-state index contributed by atoms with van der Waals surface area (Å²) in [4.78, 5) is 11.8. The van der Waals surface area contributed by atoms with Crippen molar-refractivity contribution in [2.75, 3.05) is 5.32 Å². The summed E-state index contributed by atoms with van der Waals surface area (Å²) in [6.07, 6.45) is 7.31. The Hall–Kier alpha value is -1.81. The molecule has 1 amide bonds. The molecular weight excluding hydrogens is 240 g/mol. The molecule has 19 heavy (non-hydrogen) atoms. The first-order valence-electron chi connectivity index (χ1n) is 6.70. The van der Waals surface area contributed by atoms with Crippen LogP contribution in [-0.4, -0.2) is 18.2 Å². The number of nitrogens with one attached hydrogen (secondary N) is 1. The molecule has 2 unspecified atom stereocenters. The largest absolute Gasteiger partial charge is 0.444 e. The molecule has 102 valence electrons. The summed E-state index contributed by atoms with van der Waals surface area (Å²) in [6, 6.07) is 9.03. The van der Waals surface area contributed by atoms with Crippen LogP contribution in [0, 0.1) is 0 Å². The molecule has 4 nitrogen and oxygen atoms in total. The van der Waals surface area contributed by atoms with Crippen molar-refractivity contribution < 1.29 is 9.53 Å². The topological polar surface area (TPSA) is 64.3 Å². The molecule has 2 rings (SSSR count). The van der Waals surface area contributed by atoms with Gasteiger partial charge in [0.05, 0.1) is 6.04 Å². The normalized spacial score (nSPS) is 23.2. The van der Waals surface area contributed by atoms with Crippen molar-refractivity contribution in [1.29, 1.82) is 0 Å². The third-order valence-corrected chi connectivity index (χ3v) is 3.18. The van der Waals surface area contributed by atoms with E-state index in [4.69, 9.17) is 10.5 Å². The summed E-state index contributed by atoms with van der Waals surface area (Å²) >= 11 is 0. The zero-order valence-corrected chi connectivity index (χ0v) is 10.9. The van der Waals surface area contributed by atoms with Gasteiger partial charge in [-0.2, -0.15) is 0 Å². The highest BCUT2D eigenvalue weighted by atomic mass is 16.6. The van der Waals surface area contributed by atoms with Gasteiger partial charge in [-0.1, -0.05) is 30.4 Å². The molecule has 1 aromatic rings. The van der Waals surface area contributed by atoms with Crippen molar-refractivity contribution in [3.8, 4) is 0 Å². The lowest BCUT2D eigenvalue weighted by molar-refractivity contribution is 0.0950. The maximum absolute atomic E-state index is 11.8. The summed E-state index contributed by atoms with van der Waals surface area (Å²) in [6.45, 7) is 0. The smallest absolute Gasteiger partial charge is 0.411 e. The molecule has 1 aliphatic rings. The summed E-state index contributed by atoms with van der Waals surface area (Å²) in [7, 11) is 0. The molecule has 0 bridgehead atoms. The Labute approximate surface area is 113 Å². The van der Waals surface area contributed by atoms with E-state index in [-0.39, 0.29) is 12.1 Å². The van der Waals surface area contributed by atoms with Crippen molar-refractivity contribution in [2.45, 2.75) is 37.8 Å². The molecular formula is C15H20N2O2. The van der Waals surface area contributed by atoms with Gasteiger partial charge in [0.1, 0.15) is 6.10 Å². The van der Waals surface area contributed by atoms with Gasteiger partial charge in [-0.15, -0.1) is 0 Å². The van der Waals surface area contributed by atoms with E-state index < -0.39 is 6.09 Å². The first-order chi connectivity index (χ1) is 9.25. The molecule has 0 saturated heterocycles. The molecule has 0 spiro atoms. The minimum Gasteiger partial charge on any atom is -0.444 e. The number of allylic oxidation sites excluding steroid dienone is 1. The number of hydrogen-bond acceptors (Lipinski definition) is 3. The van der Waals surface area contributed by atoms with Gasteiger partial charge in [0.2, 0.25) is 0 Å². The van der Waals surface area contributed by atoms with Crippen molar-refractivity contribution in [3.63, 3.8) is 0 Å². The van der Waals surface area contributed by atoms with Crippen molar-refractivity contribution in [3.05, 3.63) is 42.5 Å².